The van der Waals surface area contributed by atoms with Crippen molar-refractivity contribution in [2.45, 2.75) is 57.3 Å². The first-order valence-electron chi connectivity index (χ1n) is 7.51. The summed E-state index contributed by atoms with van der Waals surface area (Å²) in [5, 5.41) is 0. The summed E-state index contributed by atoms with van der Waals surface area (Å²) < 4.78 is 26.8. The molecule has 0 radical (unpaired) electrons. The second kappa shape index (κ2) is 6.60. The van der Waals surface area contributed by atoms with E-state index in [1.807, 2.05) is 13.0 Å². The Labute approximate surface area is 127 Å². The van der Waals surface area contributed by atoms with E-state index in [2.05, 4.69) is 4.72 Å². The van der Waals surface area contributed by atoms with E-state index in [0.29, 0.717) is 11.5 Å². The van der Waals surface area contributed by atoms with Crippen LogP contribution < -0.4 is 4.72 Å². The lowest BCUT2D eigenvalue weighted by atomic mass is 10.0. The third-order valence-corrected chi connectivity index (χ3v) is 5.65. The van der Waals surface area contributed by atoms with Gasteiger partial charge in [-0.2, -0.15) is 0 Å². The van der Waals surface area contributed by atoms with Gasteiger partial charge >= 0.3 is 0 Å². The Hall–Kier alpha value is -1.36. The van der Waals surface area contributed by atoms with Crippen molar-refractivity contribution < 1.29 is 13.2 Å². The van der Waals surface area contributed by atoms with Crippen LogP contribution in [0.1, 0.15) is 49.7 Å². The van der Waals surface area contributed by atoms with E-state index >= 15 is 0 Å². The van der Waals surface area contributed by atoms with E-state index in [1.165, 1.54) is 12.8 Å². The van der Waals surface area contributed by atoms with Crippen LogP contribution in [0.4, 0.5) is 0 Å². The van der Waals surface area contributed by atoms with E-state index in [4.69, 9.17) is 0 Å². The monoisotopic (exact) mass is 309 g/mol. The predicted octanol–water partition coefficient (Wildman–Crippen LogP) is 3.08. The van der Waals surface area contributed by atoms with Gasteiger partial charge in [-0.05, 0) is 43.4 Å². The number of hydrogen-bond acceptors (Lipinski definition) is 3. The van der Waals surface area contributed by atoms with Crippen LogP contribution in [0.5, 0.6) is 0 Å². The number of rotatable bonds is 5. The maximum atomic E-state index is 12.3. The molecule has 0 aliphatic heterocycles. The summed E-state index contributed by atoms with van der Waals surface area (Å²) in [6.45, 7) is 3.57. The Morgan fingerprint density at radius 1 is 1.24 bits per heavy atom. The maximum absolute atomic E-state index is 12.3. The number of benzene rings is 1. The zero-order valence-corrected chi connectivity index (χ0v) is 13.5. The summed E-state index contributed by atoms with van der Waals surface area (Å²) in [7, 11) is -3.76. The zero-order chi connectivity index (χ0) is 15.5. The van der Waals surface area contributed by atoms with Crippen molar-refractivity contribution in [1.82, 2.24) is 4.72 Å². The number of nitrogens with one attached hydrogen (secondary N) is 1. The predicted molar refractivity (Wildman–Crippen MR) is 82.4 cm³/mol. The fourth-order valence-electron chi connectivity index (χ4n) is 2.89. The molecule has 0 unspecified atom stereocenters. The molecule has 0 heterocycles. The first-order valence-corrected chi connectivity index (χ1v) is 9.00. The van der Waals surface area contributed by atoms with Crippen LogP contribution in [0.3, 0.4) is 0 Å². The molecule has 1 aliphatic carbocycles. The quantitative estimate of drug-likeness (QED) is 0.909. The van der Waals surface area contributed by atoms with Gasteiger partial charge in [-0.3, -0.25) is 4.79 Å². The Bertz CT molecular complexity index is 616. The van der Waals surface area contributed by atoms with E-state index < -0.39 is 15.9 Å². The Morgan fingerprint density at radius 3 is 2.57 bits per heavy atom. The number of amides is 1. The van der Waals surface area contributed by atoms with Gasteiger partial charge in [0, 0.05) is 6.42 Å². The van der Waals surface area contributed by atoms with Gasteiger partial charge in [-0.25, -0.2) is 13.1 Å². The highest BCUT2D eigenvalue weighted by Gasteiger charge is 2.21. The van der Waals surface area contributed by atoms with Crippen LogP contribution in [0.25, 0.3) is 0 Å². The van der Waals surface area contributed by atoms with Gasteiger partial charge in [-0.1, -0.05) is 37.8 Å². The molecule has 0 aromatic heterocycles. The van der Waals surface area contributed by atoms with Gasteiger partial charge in [0.25, 0.3) is 10.0 Å². The van der Waals surface area contributed by atoms with Crippen molar-refractivity contribution in [1.29, 1.82) is 0 Å². The molecule has 116 valence electrons. The van der Waals surface area contributed by atoms with Gasteiger partial charge in [0.15, 0.2) is 0 Å². The molecule has 21 heavy (non-hydrogen) atoms. The van der Waals surface area contributed by atoms with Crippen LogP contribution in [0.2, 0.25) is 0 Å². The molecule has 4 nitrogen and oxygen atoms in total. The highest BCUT2D eigenvalue weighted by Crippen LogP contribution is 2.28. The van der Waals surface area contributed by atoms with Crippen molar-refractivity contribution in [2.75, 3.05) is 0 Å². The molecule has 1 aromatic rings. The number of carbonyl (C=O) groups excluding carboxylic acids is 1. The largest absolute Gasteiger partial charge is 0.274 e. The minimum Gasteiger partial charge on any atom is -0.274 e. The van der Waals surface area contributed by atoms with Gasteiger partial charge in [0.2, 0.25) is 5.91 Å². The summed E-state index contributed by atoms with van der Waals surface area (Å²) in [4.78, 5) is 12.1. The molecule has 0 bridgehead atoms. The molecule has 0 atom stereocenters. The number of aryl methyl sites for hydroxylation is 2. The molecule has 0 spiro atoms. The number of carbonyl (C=O) groups is 1. The third kappa shape index (κ3) is 4.30. The lowest BCUT2D eigenvalue weighted by molar-refractivity contribution is -0.119. The minimum atomic E-state index is -3.76. The smallest absolute Gasteiger partial charge is 0.264 e. The average Bonchev–Trinajstić information content (AvgIpc) is 2.92. The summed E-state index contributed by atoms with van der Waals surface area (Å²) in [6, 6.07) is 5.21. The van der Waals surface area contributed by atoms with Crippen LogP contribution in [0, 0.1) is 19.8 Å². The number of hydrogen-bond donors (Lipinski definition) is 1. The van der Waals surface area contributed by atoms with Crippen LogP contribution in [-0.2, 0) is 14.8 Å². The van der Waals surface area contributed by atoms with Gasteiger partial charge < -0.3 is 0 Å². The molecular weight excluding hydrogens is 286 g/mol. The fourth-order valence-corrected chi connectivity index (χ4v) is 4.23. The first-order chi connectivity index (χ1) is 9.88. The van der Waals surface area contributed by atoms with Gasteiger partial charge in [0.05, 0.1) is 4.90 Å². The highest BCUT2D eigenvalue weighted by molar-refractivity contribution is 7.90. The fraction of sp³-hybridized carbons (Fsp3) is 0.562. The van der Waals surface area contributed by atoms with E-state index in [1.54, 1.807) is 19.1 Å². The Kier molecular flexibility index (Phi) is 5.04. The van der Waals surface area contributed by atoms with Crippen molar-refractivity contribution in [3.8, 4) is 0 Å². The molecule has 1 aliphatic rings. The van der Waals surface area contributed by atoms with Crippen LogP contribution in [0.15, 0.2) is 23.1 Å². The van der Waals surface area contributed by atoms with E-state index in [-0.39, 0.29) is 11.3 Å². The second-order valence-corrected chi connectivity index (χ2v) is 7.64. The molecule has 1 saturated carbocycles. The molecule has 1 N–H and O–H groups in total. The summed E-state index contributed by atoms with van der Waals surface area (Å²) >= 11 is 0. The standard InChI is InChI=1S/C16H23NO3S/c1-12-7-8-13(2)15(11-12)21(19,20)17-16(18)10-9-14-5-3-4-6-14/h7-8,11,14H,3-6,9-10H2,1-2H3,(H,17,18). The lowest BCUT2D eigenvalue weighted by Crippen LogP contribution is -2.31. The topological polar surface area (TPSA) is 63.2 Å². The molecule has 1 fully saturated rings. The van der Waals surface area contributed by atoms with Crippen molar-refractivity contribution in [3.05, 3.63) is 29.3 Å². The lowest BCUT2D eigenvalue weighted by Gasteiger charge is -2.11. The molecule has 0 saturated heterocycles. The van der Waals surface area contributed by atoms with E-state index in [0.717, 1.165) is 24.8 Å². The third-order valence-electron chi connectivity index (χ3n) is 4.14. The SMILES string of the molecule is Cc1ccc(C)c(S(=O)(=O)NC(=O)CCC2CCCC2)c1. The summed E-state index contributed by atoms with van der Waals surface area (Å²) in [5.74, 6) is 0.182. The summed E-state index contributed by atoms with van der Waals surface area (Å²) in [5.41, 5.74) is 1.51. The van der Waals surface area contributed by atoms with Crippen molar-refractivity contribution in [3.63, 3.8) is 0 Å². The number of sulfonamides is 1. The highest BCUT2D eigenvalue weighted by atomic mass is 32.2. The average molecular weight is 309 g/mol. The van der Waals surface area contributed by atoms with Crippen LogP contribution >= 0.6 is 0 Å². The normalized spacial score (nSPS) is 16.1. The Balaban J connectivity index is 1.99. The van der Waals surface area contributed by atoms with Gasteiger partial charge in [-0.15, -0.1) is 0 Å². The minimum absolute atomic E-state index is 0.191. The van der Waals surface area contributed by atoms with Crippen molar-refractivity contribution in [2.24, 2.45) is 5.92 Å². The molecule has 1 aromatic carbocycles. The Morgan fingerprint density at radius 2 is 1.90 bits per heavy atom. The maximum Gasteiger partial charge on any atom is 0.264 e. The van der Waals surface area contributed by atoms with Crippen LogP contribution in [-0.4, -0.2) is 14.3 Å². The summed E-state index contributed by atoms with van der Waals surface area (Å²) in [6.07, 6.45) is 5.86. The van der Waals surface area contributed by atoms with Crippen molar-refractivity contribution >= 4 is 15.9 Å². The molecule has 1 amide bonds. The second-order valence-electron chi connectivity index (χ2n) is 5.99. The molecular formula is C16H23NO3S. The van der Waals surface area contributed by atoms with Gasteiger partial charge in [0.1, 0.15) is 0 Å². The van der Waals surface area contributed by atoms with E-state index in [9.17, 15) is 13.2 Å². The molecule has 2 rings (SSSR count). The molecule has 5 heteroatoms. The first kappa shape index (κ1) is 16.0. The zero-order valence-electron chi connectivity index (χ0n) is 12.7.